The number of rotatable bonds is 6. The van der Waals surface area contributed by atoms with Gasteiger partial charge in [0.1, 0.15) is 28.5 Å². The summed E-state index contributed by atoms with van der Waals surface area (Å²) in [4.78, 5) is 22.4. The molecule has 0 unspecified atom stereocenters. The first kappa shape index (κ1) is 26.2. The highest BCUT2D eigenvalue weighted by Gasteiger charge is 2.35. The number of aliphatic hydroxyl groups is 1. The van der Waals surface area contributed by atoms with Crippen molar-refractivity contribution in [1.82, 2.24) is 19.7 Å². The van der Waals surface area contributed by atoms with E-state index in [2.05, 4.69) is 10.3 Å². The number of aliphatic hydroxyl groups excluding tert-OH is 1. The van der Waals surface area contributed by atoms with E-state index in [9.17, 15) is 9.90 Å². The number of halogens is 2. The van der Waals surface area contributed by atoms with Crippen molar-refractivity contribution >= 4 is 28.8 Å². The molecule has 0 saturated heterocycles. The molecule has 0 spiro atoms. The van der Waals surface area contributed by atoms with E-state index in [1.807, 2.05) is 39.0 Å². The Morgan fingerprint density at radius 2 is 2.03 bits per heavy atom. The van der Waals surface area contributed by atoms with Crippen LogP contribution in [-0.4, -0.2) is 43.1 Å². The highest BCUT2D eigenvalue weighted by atomic mass is 35.5. The van der Waals surface area contributed by atoms with Gasteiger partial charge < -0.3 is 20.9 Å². The number of hydrogen-bond donors (Lipinski definition) is 3. The van der Waals surface area contributed by atoms with Gasteiger partial charge in [0.2, 0.25) is 0 Å². The van der Waals surface area contributed by atoms with Crippen LogP contribution in [0.5, 0.6) is 5.75 Å². The molecule has 1 atom stereocenters. The smallest absolute Gasteiger partial charge is 0.258 e. The van der Waals surface area contributed by atoms with Gasteiger partial charge in [-0.05, 0) is 59.4 Å². The lowest BCUT2D eigenvalue weighted by molar-refractivity contribution is 0.0718. The summed E-state index contributed by atoms with van der Waals surface area (Å²) in [5.74, 6) is -0.747. The molecule has 1 saturated carbocycles. The first-order valence-electron chi connectivity index (χ1n) is 12.2. The third-order valence-electron chi connectivity index (χ3n) is 6.89. The number of fused-ring (bicyclic) bond motifs is 1. The molecule has 0 bridgehead atoms. The summed E-state index contributed by atoms with van der Waals surface area (Å²) in [5.41, 5.74) is 7.20. The van der Waals surface area contributed by atoms with Gasteiger partial charge in [-0.1, -0.05) is 18.5 Å². The molecule has 8 nitrogen and oxygen atoms in total. The molecule has 36 heavy (non-hydrogen) atoms. The lowest BCUT2D eigenvalue weighted by atomic mass is 9.81. The standard InChI is InChI=1S/C26H33ClFN5O3/c1-13(2)36-22-17(14(3)24-31-15(4)21-23(29)30-10-11-33(21)24)12-18(27)20(28)19(22)25(35)32-26(5)8-6-16(34)7-9-26/h10-14,16,34H,6-9H2,1-5H3,(H2,29,30)(H,32,35)/t14-,16?,26?/m0/s1. The number of nitrogen functional groups attached to an aromatic ring is 1. The van der Waals surface area contributed by atoms with Crippen LogP contribution in [0, 0.1) is 12.7 Å². The SMILES string of the molecule is Cc1nc([C@@H](C)c2cc(Cl)c(F)c(C(=O)NC3(C)CCC(O)CC3)c2OC(C)C)n2ccnc(N)c12. The average Bonchev–Trinajstić information content (AvgIpc) is 3.15. The fourth-order valence-corrected chi connectivity index (χ4v) is 5.14. The van der Waals surface area contributed by atoms with Crippen molar-refractivity contribution in [2.45, 2.75) is 84.0 Å². The van der Waals surface area contributed by atoms with Crippen LogP contribution in [0.4, 0.5) is 10.2 Å². The Balaban J connectivity index is 1.83. The van der Waals surface area contributed by atoms with E-state index in [0.717, 1.165) is 0 Å². The van der Waals surface area contributed by atoms with E-state index in [1.165, 1.54) is 6.07 Å². The monoisotopic (exact) mass is 517 g/mol. The molecular formula is C26H33ClFN5O3. The number of benzene rings is 1. The molecule has 10 heteroatoms. The fraction of sp³-hybridized carbons (Fsp3) is 0.500. The summed E-state index contributed by atoms with van der Waals surface area (Å²) < 4.78 is 23.4. The molecule has 4 N–H and O–H groups in total. The summed E-state index contributed by atoms with van der Waals surface area (Å²) in [5, 5.41) is 12.7. The summed E-state index contributed by atoms with van der Waals surface area (Å²) >= 11 is 6.35. The molecule has 2 aromatic heterocycles. The molecule has 1 aliphatic rings. The molecule has 4 rings (SSSR count). The van der Waals surface area contributed by atoms with Gasteiger partial charge in [0, 0.05) is 29.4 Å². The van der Waals surface area contributed by atoms with E-state index >= 15 is 4.39 Å². The number of nitrogens with two attached hydrogens (primary N) is 1. The number of imidazole rings is 1. The van der Waals surface area contributed by atoms with Crippen molar-refractivity contribution in [2.75, 3.05) is 5.73 Å². The van der Waals surface area contributed by atoms with Crippen LogP contribution in [0.1, 0.15) is 86.7 Å². The number of carbonyl (C=O) groups excluding carboxylic acids is 1. The Morgan fingerprint density at radius 3 is 2.67 bits per heavy atom. The van der Waals surface area contributed by atoms with E-state index in [0.29, 0.717) is 54.1 Å². The highest BCUT2D eigenvalue weighted by Crippen LogP contribution is 2.40. The molecule has 1 aromatic carbocycles. The number of amides is 1. The van der Waals surface area contributed by atoms with Gasteiger partial charge in [-0.25, -0.2) is 14.4 Å². The minimum absolute atomic E-state index is 0.132. The number of nitrogens with zero attached hydrogens (tertiary/aromatic N) is 3. The maximum Gasteiger partial charge on any atom is 0.258 e. The number of carbonyl (C=O) groups is 1. The first-order valence-corrected chi connectivity index (χ1v) is 12.6. The van der Waals surface area contributed by atoms with Crippen LogP contribution in [0.2, 0.25) is 5.02 Å². The van der Waals surface area contributed by atoms with Crippen LogP contribution < -0.4 is 15.8 Å². The van der Waals surface area contributed by atoms with E-state index in [1.54, 1.807) is 12.4 Å². The predicted molar refractivity (Wildman–Crippen MR) is 137 cm³/mol. The molecule has 1 fully saturated rings. The third kappa shape index (κ3) is 4.86. The zero-order chi connectivity index (χ0) is 26.4. The average molecular weight is 518 g/mol. The van der Waals surface area contributed by atoms with Crippen molar-refractivity contribution < 1.29 is 19.0 Å². The second kappa shape index (κ2) is 9.86. The van der Waals surface area contributed by atoms with Crippen molar-refractivity contribution in [2.24, 2.45) is 0 Å². The molecular weight excluding hydrogens is 485 g/mol. The first-order chi connectivity index (χ1) is 16.9. The zero-order valence-corrected chi connectivity index (χ0v) is 22.0. The van der Waals surface area contributed by atoms with Crippen molar-refractivity contribution in [1.29, 1.82) is 0 Å². The molecule has 2 heterocycles. The summed E-state index contributed by atoms with van der Waals surface area (Å²) in [6.45, 7) is 9.27. The van der Waals surface area contributed by atoms with Crippen LogP contribution in [-0.2, 0) is 0 Å². The number of aromatic nitrogens is 3. The normalized spacial score (nSPS) is 21.1. The van der Waals surface area contributed by atoms with E-state index < -0.39 is 23.2 Å². The minimum atomic E-state index is -0.835. The van der Waals surface area contributed by atoms with Gasteiger partial charge in [-0.2, -0.15) is 0 Å². The van der Waals surface area contributed by atoms with Crippen LogP contribution >= 0.6 is 11.6 Å². The highest BCUT2D eigenvalue weighted by molar-refractivity contribution is 6.31. The fourth-order valence-electron chi connectivity index (χ4n) is 4.93. The quantitative estimate of drug-likeness (QED) is 0.433. The van der Waals surface area contributed by atoms with Gasteiger partial charge in [0.15, 0.2) is 5.82 Å². The van der Waals surface area contributed by atoms with Gasteiger partial charge >= 0.3 is 0 Å². The van der Waals surface area contributed by atoms with E-state index in [4.69, 9.17) is 27.1 Å². The Bertz CT molecular complexity index is 1300. The Hall–Kier alpha value is -2.91. The predicted octanol–water partition coefficient (Wildman–Crippen LogP) is 4.77. The topological polar surface area (TPSA) is 115 Å². The van der Waals surface area contributed by atoms with Gasteiger partial charge in [0.05, 0.1) is 22.9 Å². The maximum atomic E-state index is 15.5. The molecule has 1 aliphatic carbocycles. The van der Waals surface area contributed by atoms with E-state index in [-0.39, 0.29) is 28.5 Å². The third-order valence-corrected chi connectivity index (χ3v) is 7.17. The molecule has 3 aromatic rings. The number of anilines is 1. The lowest BCUT2D eigenvalue weighted by Gasteiger charge is -2.36. The molecule has 194 valence electrons. The maximum absolute atomic E-state index is 15.5. The number of aryl methyl sites for hydroxylation is 1. The van der Waals surface area contributed by atoms with Crippen molar-refractivity contribution in [3.05, 3.63) is 51.9 Å². The number of ether oxygens (including phenoxy) is 1. The number of hydrogen-bond acceptors (Lipinski definition) is 6. The Morgan fingerprint density at radius 1 is 1.36 bits per heavy atom. The summed E-state index contributed by atoms with van der Waals surface area (Å²) in [6.07, 6.45) is 4.93. The van der Waals surface area contributed by atoms with Crippen LogP contribution in [0.3, 0.4) is 0 Å². The molecule has 1 amide bonds. The van der Waals surface area contributed by atoms with Crippen molar-refractivity contribution in [3.63, 3.8) is 0 Å². The zero-order valence-electron chi connectivity index (χ0n) is 21.2. The Labute approximate surface area is 215 Å². The molecule has 0 radical (unpaired) electrons. The van der Waals surface area contributed by atoms with Gasteiger partial charge in [-0.3, -0.25) is 9.20 Å². The molecule has 0 aliphatic heterocycles. The second-order valence-corrected chi connectivity index (χ2v) is 10.6. The van der Waals surface area contributed by atoms with Crippen LogP contribution in [0.15, 0.2) is 18.5 Å². The second-order valence-electron chi connectivity index (χ2n) is 10.2. The Kier molecular flexibility index (Phi) is 7.16. The largest absolute Gasteiger partial charge is 0.490 e. The summed E-state index contributed by atoms with van der Waals surface area (Å²) in [6, 6.07) is 1.50. The number of nitrogens with one attached hydrogen (secondary N) is 1. The van der Waals surface area contributed by atoms with Crippen molar-refractivity contribution in [3.8, 4) is 5.75 Å². The van der Waals surface area contributed by atoms with Crippen LogP contribution in [0.25, 0.3) is 5.52 Å². The minimum Gasteiger partial charge on any atom is -0.490 e. The summed E-state index contributed by atoms with van der Waals surface area (Å²) in [7, 11) is 0. The van der Waals surface area contributed by atoms with Gasteiger partial charge in [0.25, 0.3) is 5.91 Å². The van der Waals surface area contributed by atoms with Gasteiger partial charge in [-0.15, -0.1) is 0 Å². The lowest BCUT2D eigenvalue weighted by Crippen LogP contribution is -2.49.